The van der Waals surface area contributed by atoms with Crippen molar-refractivity contribution in [3.8, 4) is 0 Å². The number of aromatic nitrogens is 1. The van der Waals surface area contributed by atoms with E-state index in [9.17, 15) is 9.59 Å². The van der Waals surface area contributed by atoms with Gasteiger partial charge in [0.15, 0.2) is 0 Å². The van der Waals surface area contributed by atoms with Crippen LogP contribution in [0.2, 0.25) is 0 Å². The van der Waals surface area contributed by atoms with Crippen LogP contribution in [0.5, 0.6) is 0 Å². The number of fused-ring (bicyclic) bond motifs is 1. The van der Waals surface area contributed by atoms with Gasteiger partial charge in [0, 0.05) is 36.3 Å². The third kappa shape index (κ3) is 2.68. The van der Waals surface area contributed by atoms with Gasteiger partial charge in [-0.25, -0.2) is 0 Å². The van der Waals surface area contributed by atoms with Crippen LogP contribution in [0.15, 0.2) is 24.4 Å². The molecule has 18 heavy (non-hydrogen) atoms. The molecule has 2 amide bonds. The minimum atomic E-state index is -0.0295. The second-order valence-corrected chi connectivity index (χ2v) is 4.07. The van der Waals surface area contributed by atoms with Gasteiger partial charge in [0.2, 0.25) is 12.3 Å². The molecule has 0 aliphatic heterocycles. The molecule has 0 saturated heterocycles. The number of anilines is 1. The molecule has 1 aromatic heterocycles. The summed E-state index contributed by atoms with van der Waals surface area (Å²) in [5.74, 6) is -0.0295. The summed E-state index contributed by atoms with van der Waals surface area (Å²) in [6.45, 7) is 2.11. The molecule has 0 aliphatic carbocycles. The quantitative estimate of drug-likeness (QED) is 0.697. The zero-order valence-electron chi connectivity index (χ0n) is 10.1. The fourth-order valence-electron chi connectivity index (χ4n) is 1.92. The van der Waals surface area contributed by atoms with Crippen LogP contribution in [-0.4, -0.2) is 23.8 Å². The van der Waals surface area contributed by atoms with E-state index in [1.165, 1.54) is 6.92 Å². The first kappa shape index (κ1) is 12.2. The first-order valence-corrected chi connectivity index (χ1v) is 5.75. The maximum absolute atomic E-state index is 10.8. The van der Waals surface area contributed by atoms with E-state index in [4.69, 9.17) is 0 Å². The van der Waals surface area contributed by atoms with Gasteiger partial charge in [-0.05, 0) is 30.2 Å². The Morgan fingerprint density at radius 2 is 2.28 bits per heavy atom. The van der Waals surface area contributed by atoms with E-state index >= 15 is 0 Å². The van der Waals surface area contributed by atoms with Gasteiger partial charge in [-0.15, -0.1) is 0 Å². The maximum Gasteiger partial charge on any atom is 0.216 e. The summed E-state index contributed by atoms with van der Waals surface area (Å²) in [6, 6.07) is 5.68. The molecule has 0 bridgehead atoms. The molecule has 3 N–H and O–H groups in total. The molecule has 0 spiro atoms. The van der Waals surface area contributed by atoms with Crippen LogP contribution in [0.25, 0.3) is 10.9 Å². The molecule has 5 heteroatoms. The summed E-state index contributed by atoms with van der Waals surface area (Å²) in [5.41, 5.74) is 2.90. The van der Waals surface area contributed by atoms with Crippen LogP contribution in [0.4, 0.5) is 5.69 Å². The first-order valence-electron chi connectivity index (χ1n) is 5.75. The van der Waals surface area contributed by atoms with Gasteiger partial charge in [0.25, 0.3) is 0 Å². The number of H-pyrrole nitrogens is 1. The summed E-state index contributed by atoms with van der Waals surface area (Å²) in [6.07, 6.45) is 3.34. The smallest absolute Gasteiger partial charge is 0.216 e. The van der Waals surface area contributed by atoms with Crippen molar-refractivity contribution < 1.29 is 9.59 Å². The zero-order valence-corrected chi connectivity index (χ0v) is 10.1. The van der Waals surface area contributed by atoms with Crippen LogP contribution in [-0.2, 0) is 16.0 Å². The molecule has 0 radical (unpaired) electrons. The lowest BCUT2D eigenvalue weighted by Gasteiger charge is -2.02. The predicted molar refractivity (Wildman–Crippen MR) is 70.4 cm³/mol. The molecule has 1 aromatic carbocycles. The summed E-state index contributed by atoms with van der Waals surface area (Å²) in [7, 11) is 0. The Kier molecular flexibility index (Phi) is 3.62. The molecule has 0 unspecified atom stereocenters. The van der Waals surface area contributed by atoms with E-state index in [1.807, 2.05) is 24.4 Å². The number of carbonyl (C=O) groups is 2. The van der Waals surface area contributed by atoms with E-state index in [2.05, 4.69) is 15.6 Å². The average Bonchev–Trinajstić information content (AvgIpc) is 2.72. The Morgan fingerprint density at radius 1 is 1.44 bits per heavy atom. The van der Waals surface area contributed by atoms with Crippen molar-refractivity contribution in [3.63, 3.8) is 0 Å². The van der Waals surface area contributed by atoms with Crippen LogP contribution in [0.3, 0.4) is 0 Å². The van der Waals surface area contributed by atoms with Gasteiger partial charge in [-0.2, -0.15) is 0 Å². The Hall–Kier alpha value is -2.30. The first-order chi connectivity index (χ1) is 8.70. The molecule has 0 fully saturated rings. The molecule has 94 valence electrons. The van der Waals surface area contributed by atoms with Crippen molar-refractivity contribution >= 4 is 28.9 Å². The van der Waals surface area contributed by atoms with Gasteiger partial charge in [0.05, 0.1) is 0 Å². The lowest BCUT2D eigenvalue weighted by atomic mass is 10.1. The lowest BCUT2D eigenvalue weighted by molar-refractivity contribution is -0.118. The highest BCUT2D eigenvalue weighted by Crippen LogP contribution is 2.22. The lowest BCUT2D eigenvalue weighted by Crippen LogP contribution is -2.22. The van der Waals surface area contributed by atoms with E-state index in [1.54, 1.807) is 0 Å². The Labute approximate surface area is 105 Å². The zero-order chi connectivity index (χ0) is 13.0. The number of amides is 2. The molecule has 2 aromatic rings. The molecule has 0 aliphatic rings. The number of rotatable bonds is 5. The summed E-state index contributed by atoms with van der Waals surface area (Å²) < 4.78 is 0. The van der Waals surface area contributed by atoms with Crippen molar-refractivity contribution in [3.05, 3.63) is 30.0 Å². The third-order valence-electron chi connectivity index (χ3n) is 2.76. The summed E-state index contributed by atoms with van der Waals surface area (Å²) in [5, 5.41) is 6.45. The summed E-state index contributed by atoms with van der Waals surface area (Å²) in [4.78, 5) is 24.4. The maximum atomic E-state index is 10.8. The minimum absolute atomic E-state index is 0.0295. The third-order valence-corrected chi connectivity index (χ3v) is 2.76. The number of carbonyl (C=O) groups excluding carboxylic acids is 2. The number of benzene rings is 1. The van der Waals surface area contributed by atoms with E-state index < -0.39 is 0 Å². The Morgan fingerprint density at radius 3 is 3.00 bits per heavy atom. The molecule has 1 heterocycles. The Bertz CT molecular complexity index is 575. The van der Waals surface area contributed by atoms with Crippen LogP contribution in [0, 0.1) is 0 Å². The van der Waals surface area contributed by atoms with Crippen molar-refractivity contribution in [2.75, 3.05) is 11.9 Å². The van der Waals surface area contributed by atoms with Crippen molar-refractivity contribution in [1.82, 2.24) is 10.3 Å². The molecule has 0 saturated carbocycles. The number of hydrogen-bond acceptors (Lipinski definition) is 2. The van der Waals surface area contributed by atoms with E-state index in [-0.39, 0.29) is 5.91 Å². The van der Waals surface area contributed by atoms with Crippen molar-refractivity contribution in [2.45, 2.75) is 13.3 Å². The molecular formula is C13H15N3O2. The van der Waals surface area contributed by atoms with E-state index in [0.717, 1.165) is 28.6 Å². The molecule has 0 atom stereocenters. The average molecular weight is 245 g/mol. The van der Waals surface area contributed by atoms with Crippen molar-refractivity contribution in [2.24, 2.45) is 0 Å². The normalized spacial score (nSPS) is 10.3. The topological polar surface area (TPSA) is 74.0 Å². The fraction of sp³-hybridized carbons (Fsp3) is 0.231. The van der Waals surface area contributed by atoms with Gasteiger partial charge in [0.1, 0.15) is 0 Å². The highest BCUT2D eigenvalue weighted by molar-refractivity contribution is 5.88. The van der Waals surface area contributed by atoms with E-state index in [0.29, 0.717) is 13.0 Å². The van der Waals surface area contributed by atoms with Crippen molar-refractivity contribution in [1.29, 1.82) is 0 Å². The number of hydrogen-bond donors (Lipinski definition) is 3. The minimum Gasteiger partial charge on any atom is -0.361 e. The second kappa shape index (κ2) is 5.35. The van der Waals surface area contributed by atoms with Crippen LogP contribution < -0.4 is 10.6 Å². The molecule has 5 nitrogen and oxygen atoms in total. The second-order valence-electron chi connectivity index (χ2n) is 4.07. The number of nitrogens with one attached hydrogen (secondary N) is 3. The highest BCUT2D eigenvalue weighted by Gasteiger charge is 2.04. The predicted octanol–water partition coefficient (Wildman–Crippen LogP) is 1.41. The fourth-order valence-corrected chi connectivity index (χ4v) is 1.92. The standard InChI is InChI=1S/C13H15N3O2/c1-9(18)14-5-4-10-7-15-13-3-2-11(16-8-17)6-12(10)13/h2-3,6-8,15H,4-5H2,1H3,(H,14,18)(H,16,17). The largest absolute Gasteiger partial charge is 0.361 e. The van der Waals surface area contributed by atoms with Crippen LogP contribution in [0.1, 0.15) is 12.5 Å². The Balaban J connectivity index is 2.19. The van der Waals surface area contributed by atoms with Crippen LogP contribution >= 0.6 is 0 Å². The monoisotopic (exact) mass is 245 g/mol. The van der Waals surface area contributed by atoms with Gasteiger partial charge in [-0.3, -0.25) is 9.59 Å². The van der Waals surface area contributed by atoms with Gasteiger partial charge in [-0.1, -0.05) is 0 Å². The molecule has 2 rings (SSSR count). The van der Waals surface area contributed by atoms with Gasteiger partial charge >= 0.3 is 0 Å². The number of aromatic amines is 1. The molecular weight excluding hydrogens is 230 g/mol. The summed E-state index contributed by atoms with van der Waals surface area (Å²) >= 11 is 0. The van der Waals surface area contributed by atoms with Gasteiger partial charge < -0.3 is 15.6 Å². The highest BCUT2D eigenvalue weighted by atomic mass is 16.1. The SMILES string of the molecule is CC(=O)NCCc1c[nH]c2ccc(NC=O)cc12.